The molecule has 0 amide bonds. The lowest BCUT2D eigenvalue weighted by molar-refractivity contribution is 0.0469. The predicted octanol–water partition coefficient (Wildman–Crippen LogP) is 1.84. The Morgan fingerprint density at radius 2 is 2.56 bits per heavy atom. The number of rotatable bonds is 5. The van der Waals surface area contributed by atoms with Crippen molar-refractivity contribution in [1.29, 1.82) is 0 Å². The lowest BCUT2D eigenvalue weighted by Gasteiger charge is -2.31. The van der Waals surface area contributed by atoms with Crippen molar-refractivity contribution in [3.8, 4) is 0 Å². The third-order valence-electron chi connectivity index (χ3n) is 3.03. The van der Waals surface area contributed by atoms with Crippen molar-refractivity contribution in [3.63, 3.8) is 0 Å². The molecule has 0 radical (unpaired) electrons. The first-order chi connectivity index (χ1) is 8.83. The summed E-state index contributed by atoms with van der Waals surface area (Å²) in [5.74, 6) is 2.69. The summed E-state index contributed by atoms with van der Waals surface area (Å²) in [7, 11) is 0. The molecule has 3 N–H and O–H groups in total. The molecule has 1 fully saturated rings. The van der Waals surface area contributed by atoms with Crippen LogP contribution < -0.4 is 11.1 Å². The van der Waals surface area contributed by atoms with Gasteiger partial charge in [-0.15, -0.1) is 0 Å². The van der Waals surface area contributed by atoms with Crippen LogP contribution in [-0.2, 0) is 4.74 Å². The molecular weight excluding hydrogens is 246 g/mol. The monoisotopic (exact) mass is 267 g/mol. The van der Waals surface area contributed by atoms with E-state index in [1.807, 2.05) is 23.9 Å². The van der Waals surface area contributed by atoms with Gasteiger partial charge in [0.25, 0.3) is 0 Å². The number of ether oxygens (including phenoxy) is 1. The first-order valence-electron chi connectivity index (χ1n) is 6.46. The highest BCUT2D eigenvalue weighted by Crippen LogP contribution is 2.28. The molecule has 1 aliphatic heterocycles. The van der Waals surface area contributed by atoms with E-state index in [1.54, 1.807) is 6.20 Å². The van der Waals surface area contributed by atoms with E-state index in [9.17, 15) is 0 Å². The standard InChI is InChI=1S/C13H21N3OS/c1-2-5-15-12(11-9-18-8-7-17-11)10-4-3-6-16-13(10)14/h3-4,6,11-12,15H,2,5,7-9H2,1H3,(H2,14,16). The molecule has 0 bridgehead atoms. The van der Waals surface area contributed by atoms with Crippen molar-refractivity contribution in [3.05, 3.63) is 23.9 Å². The van der Waals surface area contributed by atoms with Gasteiger partial charge < -0.3 is 15.8 Å². The van der Waals surface area contributed by atoms with Crippen LogP contribution in [0.15, 0.2) is 18.3 Å². The lowest BCUT2D eigenvalue weighted by atomic mass is 10.0. The molecule has 4 nitrogen and oxygen atoms in total. The SMILES string of the molecule is CCCNC(c1cccnc1N)C1CSCCO1. The van der Waals surface area contributed by atoms with E-state index < -0.39 is 0 Å². The fourth-order valence-corrected chi connectivity index (χ4v) is 3.03. The number of nitrogens with two attached hydrogens (primary N) is 1. The van der Waals surface area contributed by atoms with Crippen LogP contribution in [0.4, 0.5) is 5.82 Å². The highest BCUT2D eigenvalue weighted by Gasteiger charge is 2.27. The number of nitrogens with one attached hydrogen (secondary N) is 1. The predicted molar refractivity (Wildman–Crippen MR) is 76.7 cm³/mol. The summed E-state index contributed by atoms with van der Waals surface area (Å²) >= 11 is 1.94. The average molecular weight is 267 g/mol. The van der Waals surface area contributed by atoms with Crippen molar-refractivity contribution in [2.75, 3.05) is 30.4 Å². The summed E-state index contributed by atoms with van der Waals surface area (Å²) in [6.45, 7) is 3.94. The van der Waals surface area contributed by atoms with Crippen molar-refractivity contribution in [2.45, 2.75) is 25.5 Å². The Kier molecular flexibility index (Phi) is 5.28. The quantitative estimate of drug-likeness (QED) is 0.852. The van der Waals surface area contributed by atoms with Gasteiger partial charge in [0.2, 0.25) is 0 Å². The number of hydrogen-bond acceptors (Lipinski definition) is 5. The number of anilines is 1. The summed E-state index contributed by atoms with van der Waals surface area (Å²) in [6, 6.07) is 4.12. The highest BCUT2D eigenvalue weighted by atomic mass is 32.2. The number of nitrogen functional groups attached to an aromatic ring is 1. The minimum atomic E-state index is 0.145. The third-order valence-corrected chi connectivity index (χ3v) is 4.05. The molecule has 2 atom stereocenters. The van der Waals surface area contributed by atoms with E-state index >= 15 is 0 Å². The summed E-state index contributed by atoms with van der Waals surface area (Å²) in [5, 5.41) is 3.54. The molecule has 18 heavy (non-hydrogen) atoms. The first kappa shape index (κ1) is 13.6. The smallest absolute Gasteiger partial charge is 0.128 e. The van der Waals surface area contributed by atoms with Gasteiger partial charge in [-0.2, -0.15) is 11.8 Å². The Balaban J connectivity index is 2.15. The van der Waals surface area contributed by atoms with Crippen molar-refractivity contribution in [1.82, 2.24) is 10.3 Å². The molecular formula is C13H21N3OS. The molecule has 1 saturated heterocycles. The molecule has 0 spiro atoms. The average Bonchev–Trinajstić information content (AvgIpc) is 2.42. The Labute approximate surface area is 113 Å². The molecule has 2 rings (SSSR count). The van der Waals surface area contributed by atoms with Gasteiger partial charge in [0.1, 0.15) is 5.82 Å². The molecule has 0 aromatic carbocycles. The van der Waals surface area contributed by atoms with Crippen LogP contribution in [0.5, 0.6) is 0 Å². The fourth-order valence-electron chi connectivity index (χ4n) is 2.13. The third kappa shape index (κ3) is 3.37. The zero-order valence-corrected chi connectivity index (χ0v) is 11.6. The van der Waals surface area contributed by atoms with Crippen molar-refractivity contribution in [2.24, 2.45) is 0 Å². The first-order valence-corrected chi connectivity index (χ1v) is 7.61. The van der Waals surface area contributed by atoms with Gasteiger partial charge in [-0.25, -0.2) is 4.98 Å². The van der Waals surface area contributed by atoms with Gasteiger partial charge in [-0.05, 0) is 19.0 Å². The Morgan fingerprint density at radius 3 is 3.22 bits per heavy atom. The number of nitrogens with zero attached hydrogens (tertiary/aromatic N) is 1. The summed E-state index contributed by atoms with van der Waals surface area (Å²) in [4.78, 5) is 4.18. The zero-order chi connectivity index (χ0) is 12.8. The van der Waals surface area contributed by atoms with E-state index in [-0.39, 0.29) is 12.1 Å². The summed E-state index contributed by atoms with van der Waals surface area (Å²) in [5.41, 5.74) is 7.04. The topological polar surface area (TPSA) is 60.2 Å². The molecule has 2 heterocycles. The molecule has 5 heteroatoms. The maximum Gasteiger partial charge on any atom is 0.128 e. The van der Waals surface area contributed by atoms with E-state index in [4.69, 9.17) is 10.5 Å². The van der Waals surface area contributed by atoms with Gasteiger partial charge in [-0.1, -0.05) is 13.0 Å². The molecule has 1 aliphatic rings. The Hall–Kier alpha value is -0.780. The van der Waals surface area contributed by atoms with Gasteiger partial charge in [0.15, 0.2) is 0 Å². The minimum absolute atomic E-state index is 0.145. The van der Waals surface area contributed by atoms with Gasteiger partial charge in [0.05, 0.1) is 18.8 Å². The second-order valence-corrected chi connectivity index (χ2v) is 5.54. The van der Waals surface area contributed by atoms with Crippen LogP contribution in [0.2, 0.25) is 0 Å². The molecule has 1 aromatic heterocycles. The highest BCUT2D eigenvalue weighted by molar-refractivity contribution is 7.99. The number of thioether (sulfide) groups is 1. The van der Waals surface area contributed by atoms with Crippen LogP contribution in [0, 0.1) is 0 Å². The second-order valence-electron chi connectivity index (χ2n) is 4.39. The van der Waals surface area contributed by atoms with Crippen molar-refractivity contribution < 1.29 is 4.74 Å². The minimum Gasteiger partial charge on any atom is -0.383 e. The normalized spacial score (nSPS) is 21.7. The van der Waals surface area contributed by atoms with Crippen LogP contribution in [0.1, 0.15) is 24.9 Å². The van der Waals surface area contributed by atoms with Gasteiger partial charge >= 0.3 is 0 Å². The van der Waals surface area contributed by atoms with E-state index in [0.29, 0.717) is 5.82 Å². The van der Waals surface area contributed by atoms with Crippen LogP contribution in [0.25, 0.3) is 0 Å². The van der Waals surface area contributed by atoms with E-state index in [0.717, 1.165) is 36.6 Å². The Bertz CT molecular complexity index is 369. The number of pyridine rings is 1. The molecule has 100 valence electrons. The summed E-state index contributed by atoms with van der Waals surface area (Å²) in [6.07, 6.45) is 3.00. The lowest BCUT2D eigenvalue weighted by Crippen LogP contribution is -2.39. The van der Waals surface area contributed by atoms with E-state index in [1.165, 1.54) is 0 Å². The molecule has 0 saturated carbocycles. The number of hydrogen-bond donors (Lipinski definition) is 2. The Morgan fingerprint density at radius 1 is 1.67 bits per heavy atom. The van der Waals surface area contributed by atoms with Crippen molar-refractivity contribution >= 4 is 17.6 Å². The molecule has 0 aliphatic carbocycles. The second kappa shape index (κ2) is 6.97. The zero-order valence-electron chi connectivity index (χ0n) is 10.8. The van der Waals surface area contributed by atoms with Crippen LogP contribution in [-0.4, -0.2) is 35.7 Å². The van der Waals surface area contributed by atoms with Gasteiger partial charge in [-0.3, -0.25) is 0 Å². The fraction of sp³-hybridized carbons (Fsp3) is 0.615. The maximum atomic E-state index is 5.99. The molecule has 1 aromatic rings. The van der Waals surface area contributed by atoms with Crippen LogP contribution >= 0.6 is 11.8 Å². The maximum absolute atomic E-state index is 5.99. The van der Waals surface area contributed by atoms with Gasteiger partial charge in [0, 0.05) is 23.3 Å². The van der Waals surface area contributed by atoms with Crippen LogP contribution in [0.3, 0.4) is 0 Å². The number of aromatic nitrogens is 1. The summed E-state index contributed by atoms with van der Waals surface area (Å²) < 4.78 is 5.88. The largest absolute Gasteiger partial charge is 0.383 e. The van der Waals surface area contributed by atoms with E-state index in [2.05, 4.69) is 17.2 Å². The molecule has 2 unspecified atom stereocenters.